The van der Waals surface area contributed by atoms with Crippen molar-refractivity contribution in [3.05, 3.63) is 64.3 Å². The number of fused-ring (bicyclic) bond motifs is 1. The molecule has 0 aliphatic carbocycles. The first-order valence-electron chi connectivity index (χ1n) is 9.96. The van der Waals surface area contributed by atoms with Crippen LogP contribution in [0, 0.1) is 17.5 Å². The van der Waals surface area contributed by atoms with Crippen LogP contribution in [0.25, 0.3) is 22.2 Å². The number of nitrogens with zero attached hydrogens (tertiary/aromatic N) is 4. The first kappa shape index (κ1) is 23.3. The normalized spacial score (nSPS) is 11.7. The maximum absolute atomic E-state index is 14.3. The third-order valence-electron chi connectivity index (χ3n) is 5.04. The van der Waals surface area contributed by atoms with Crippen LogP contribution in [-0.4, -0.2) is 33.7 Å². The van der Waals surface area contributed by atoms with Crippen LogP contribution in [0.3, 0.4) is 0 Å². The molecule has 0 amide bonds. The molecule has 0 radical (unpaired) electrons. The van der Waals surface area contributed by atoms with Crippen LogP contribution in [0.1, 0.15) is 6.92 Å². The number of hydrogen-bond donors (Lipinski definition) is 2. The first-order valence-corrected chi connectivity index (χ1v) is 11.6. The fourth-order valence-electron chi connectivity index (χ4n) is 3.40. The lowest BCUT2D eigenvalue weighted by atomic mass is 10.0. The minimum Gasteiger partial charge on any atom is -0.350 e. The van der Waals surface area contributed by atoms with E-state index in [9.17, 15) is 26.4 Å². The second-order valence-electron chi connectivity index (χ2n) is 7.48. The Bertz CT molecular complexity index is 1570. The Morgan fingerprint density at radius 2 is 1.62 bits per heavy atom. The van der Waals surface area contributed by atoms with E-state index in [1.165, 1.54) is 54.8 Å². The second kappa shape index (κ2) is 8.48. The van der Waals surface area contributed by atoms with Gasteiger partial charge in [0.25, 0.3) is 5.56 Å². The van der Waals surface area contributed by atoms with Gasteiger partial charge in [-0.15, -0.1) is 5.10 Å². The van der Waals surface area contributed by atoms with E-state index in [0.29, 0.717) is 17.7 Å². The molecule has 0 spiro atoms. The highest BCUT2D eigenvalue weighted by molar-refractivity contribution is 7.92. The Kier molecular flexibility index (Phi) is 5.81. The zero-order chi connectivity index (χ0) is 24.8. The molecule has 0 bridgehead atoms. The van der Waals surface area contributed by atoms with Gasteiger partial charge in [-0.05, 0) is 25.1 Å². The molecular weight excluding hydrogens is 473 g/mol. The molecule has 4 rings (SSSR count). The van der Waals surface area contributed by atoms with Gasteiger partial charge in [0.05, 0.1) is 5.75 Å². The Morgan fingerprint density at radius 3 is 2.26 bits per heavy atom. The summed E-state index contributed by atoms with van der Waals surface area (Å²) in [6, 6.07) is 5.29. The summed E-state index contributed by atoms with van der Waals surface area (Å²) >= 11 is 0. The smallest absolute Gasteiger partial charge is 0.280 e. The van der Waals surface area contributed by atoms with Gasteiger partial charge in [-0.25, -0.2) is 21.6 Å². The molecule has 0 saturated carbocycles. The number of sulfonamides is 1. The molecule has 0 atom stereocenters. The summed E-state index contributed by atoms with van der Waals surface area (Å²) < 4.78 is 69.9. The lowest BCUT2D eigenvalue weighted by Gasteiger charge is -2.16. The zero-order valence-electron chi connectivity index (χ0n) is 18.2. The quantitative estimate of drug-likeness (QED) is 0.428. The van der Waals surface area contributed by atoms with Gasteiger partial charge < -0.3 is 9.88 Å². The molecule has 2 heterocycles. The highest BCUT2D eigenvalue weighted by Crippen LogP contribution is 2.36. The molecule has 0 saturated heterocycles. The molecular formula is C21H19F3N6O3S. The number of pyridine rings is 1. The number of rotatable bonds is 6. The number of anilines is 3. The molecule has 4 aromatic rings. The third-order valence-corrected chi connectivity index (χ3v) is 6.35. The number of hydrogen-bond acceptors (Lipinski definition) is 6. The predicted octanol–water partition coefficient (Wildman–Crippen LogP) is 3.26. The topological polar surface area (TPSA) is 111 Å². The maximum atomic E-state index is 14.3. The molecule has 178 valence electrons. The Morgan fingerprint density at radius 1 is 0.971 bits per heavy atom. The second-order valence-corrected chi connectivity index (χ2v) is 9.49. The minimum absolute atomic E-state index is 0.0483. The number of aromatic nitrogens is 4. The average Bonchev–Trinajstić information content (AvgIpc) is 3.15. The van der Waals surface area contributed by atoms with Crippen LogP contribution >= 0.6 is 0 Å². The van der Waals surface area contributed by atoms with Gasteiger partial charge in [0.2, 0.25) is 10.0 Å². The summed E-state index contributed by atoms with van der Waals surface area (Å²) in [5.74, 6) is -3.58. The van der Waals surface area contributed by atoms with Crippen molar-refractivity contribution in [2.75, 3.05) is 15.8 Å². The summed E-state index contributed by atoms with van der Waals surface area (Å²) in [4.78, 5) is 13.7. The third kappa shape index (κ3) is 4.33. The molecule has 34 heavy (non-hydrogen) atoms. The first-order chi connectivity index (χ1) is 16.0. The van der Waals surface area contributed by atoms with E-state index >= 15 is 0 Å². The summed E-state index contributed by atoms with van der Waals surface area (Å²) in [6.45, 7) is 1.47. The van der Waals surface area contributed by atoms with E-state index in [1.54, 1.807) is 0 Å². The van der Waals surface area contributed by atoms with Crippen LogP contribution in [0.5, 0.6) is 0 Å². The van der Waals surface area contributed by atoms with Gasteiger partial charge >= 0.3 is 0 Å². The SMILES string of the molecule is CCS(=O)(=O)Nc1ccc(Nc2c(F)cc(F)cc2F)c(-c2cn(C)c(=O)c3nn(C)nc23)c1. The van der Waals surface area contributed by atoms with E-state index in [4.69, 9.17) is 0 Å². The lowest BCUT2D eigenvalue weighted by molar-refractivity contribution is 0.549. The van der Waals surface area contributed by atoms with Crippen LogP contribution < -0.4 is 15.6 Å². The molecule has 2 N–H and O–H groups in total. The maximum Gasteiger partial charge on any atom is 0.280 e. The van der Waals surface area contributed by atoms with Gasteiger partial charge in [0.1, 0.15) is 17.0 Å². The summed E-state index contributed by atoms with van der Waals surface area (Å²) in [6.07, 6.45) is 1.45. The molecule has 13 heteroatoms. The van der Waals surface area contributed by atoms with Crippen LogP contribution in [0.15, 0.2) is 41.3 Å². The number of nitrogens with one attached hydrogen (secondary N) is 2. The zero-order valence-corrected chi connectivity index (χ0v) is 19.0. The fourth-order valence-corrected chi connectivity index (χ4v) is 4.03. The van der Waals surface area contributed by atoms with E-state index in [-0.39, 0.29) is 33.7 Å². The largest absolute Gasteiger partial charge is 0.350 e. The fraction of sp³-hybridized carbons (Fsp3) is 0.190. The molecule has 0 aliphatic rings. The molecule has 2 aromatic carbocycles. The monoisotopic (exact) mass is 492 g/mol. The molecule has 2 aromatic heterocycles. The standard InChI is InChI=1S/C21H19F3N6O3S/c1-4-34(32,33)28-12-5-6-17(25-19-15(23)7-11(22)8-16(19)24)13(9-12)14-10-29(2)21(31)20-18(14)26-30(3)27-20/h5-10,25,28H,4H2,1-3H3. The predicted molar refractivity (Wildman–Crippen MR) is 122 cm³/mol. The lowest BCUT2D eigenvalue weighted by Crippen LogP contribution is -2.17. The van der Waals surface area contributed by atoms with Gasteiger partial charge in [0.15, 0.2) is 17.2 Å². The number of halogens is 3. The van der Waals surface area contributed by atoms with Crippen molar-refractivity contribution in [3.8, 4) is 11.1 Å². The number of aryl methyl sites for hydroxylation is 2. The molecule has 0 unspecified atom stereocenters. The molecule has 0 aliphatic heterocycles. The van der Waals surface area contributed by atoms with Crippen molar-refractivity contribution in [2.45, 2.75) is 6.92 Å². The Hall–Kier alpha value is -3.87. The van der Waals surface area contributed by atoms with Crippen molar-refractivity contribution in [1.29, 1.82) is 0 Å². The van der Waals surface area contributed by atoms with Gasteiger partial charge in [-0.3, -0.25) is 9.52 Å². The van der Waals surface area contributed by atoms with Crippen molar-refractivity contribution in [2.24, 2.45) is 14.1 Å². The van der Waals surface area contributed by atoms with E-state index in [1.807, 2.05) is 0 Å². The van der Waals surface area contributed by atoms with Crippen LogP contribution in [0.4, 0.5) is 30.2 Å². The van der Waals surface area contributed by atoms with E-state index < -0.39 is 38.7 Å². The van der Waals surface area contributed by atoms with Gasteiger partial charge in [-0.1, -0.05) is 0 Å². The van der Waals surface area contributed by atoms with E-state index in [0.717, 1.165) is 0 Å². The number of benzene rings is 2. The summed E-state index contributed by atoms with van der Waals surface area (Å²) in [5.41, 5.74) is 0.150. The Balaban J connectivity index is 1.97. The highest BCUT2D eigenvalue weighted by atomic mass is 32.2. The minimum atomic E-state index is -3.63. The summed E-state index contributed by atoms with van der Waals surface area (Å²) in [7, 11) is -0.613. The van der Waals surface area contributed by atoms with Crippen molar-refractivity contribution in [3.63, 3.8) is 0 Å². The van der Waals surface area contributed by atoms with Gasteiger partial charge in [-0.2, -0.15) is 9.90 Å². The Labute approximate surface area is 191 Å². The molecule has 0 fully saturated rings. The van der Waals surface area contributed by atoms with Crippen molar-refractivity contribution < 1.29 is 21.6 Å². The van der Waals surface area contributed by atoms with Crippen molar-refractivity contribution in [1.82, 2.24) is 19.6 Å². The van der Waals surface area contributed by atoms with E-state index in [2.05, 4.69) is 20.2 Å². The van der Waals surface area contributed by atoms with Crippen molar-refractivity contribution >= 4 is 38.1 Å². The average molecular weight is 492 g/mol. The van der Waals surface area contributed by atoms with Crippen LogP contribution in [0.2, 0.25) is 0 Å². The van der Waals surface area contributed by atoms with Gasteiger partial charge in [0, 0.05) is 54.9 Å². The summed E-state index contributed by atoms with van der Waals surface area (Å²) in [5, 5.41) is 10.9. The molecule has 9 nitrogen and oxygen atoms in total. The van der Waals surface area contributed by atoms with Crippen LogP contribution in [-0.2, 0) is 24.1 Å². The highest BCUT2D eigenvalue weighted by Gasteiger charge is 2.20.